The van der Waals surface area contributed by atoms with Crippen LogP contribution in [0.25, 0.3) is 0 Å². The minimum Gasteiger partial charge on any atom is -0.493 e. The lowest BCUT2D eigenvalue weighted by molar-refractivity contribution is 0.306. The summed E-state index contributed by atoms with van der Waals surface area (Å²) in [6.45, 7) is 9.12. The van der Waals surface area contributed by atoms with E-state index in [0.717, 1.165) is 30.8 Å². The van der Waals surface area contributed by atoms with Gasteiger partial charge in [0.15, 0.2) is 0 Å². The SMILES string of the molecule is [CH2]c1cccc(OCCCC)c1CC. The van der Waals surface area contributed by atoms with E-state index in [2.05, 4.69) is 20.8 Å². The van der Waals surface area contributed by atoms with Crippen LogP contribution in [0.4, 0.5) is 0 Å². The highest BCUT2D eigenvalue weighted by Gasteiger charge is 2.03. The van der Waals surface area contributed by atoms with Gasteiger partial charge >= 0.3 is 0 Å². The van der Waals surface area contributed by atoms with Crippen LogP contribution in [-0.2, 0) is 6.42 Å². The van der Waals surface area contributed by atoms with Crippen LogP contribution in [0, 0.1) is 6.92 Å². The summed E-state index contributed by atoms with van der Waals surface area (Å²) in [4.78, 5) is 0. The van der Waals surface area contributed by atoms with E-state index in [4.69, 9.17) is 4.74 Å². The average Bonchev–Trinajstić information content (AvgIpc) is 2.18. The van der Waals surface area contributed by atoms with Crippen LogP contribution < -0.4 is 4.74 Å². The number of unbranched alkanes of at least 4 members (excludes halogenated alkanes) is 1. The summed E-state index contributed by atoms with van der Waals surface area (Å²) in [5, 5.41) is 0. The molecular weight excluding hydrogens is 172 g/mol. The molecule has 1 nitrogen and oxygen atoms in total. The number of hydrogen-bond acceptors (Lipinski definition) is 1. The highest BCUT2D eigenvalue weighted by atomic mass is 16.5. The Bertz CT molecular complexity index is 279. The molecule has 0 bridgehead atoms. The summed E-state index contributed by atoms with van der Waals surface area (Å²) in [5.41, 5.74) is 2.32. The number of rotatable bonds is 5. The number of ether oxygens (including phenoxy) is 1. The molecule has 77 valence electrons. The summed E-state index contributed by atoms with van der Waals surface area (Å²) >= 11 is 0. The maximum absolute atomic E-state index is 5.71. The lowest BCUT2D eigenvalue weighted by atomic mass is 10.1. The second-order valence-electron chi connectivity index (χ2n) is 3.45. The Morgan fingerprint density at radius 1 is 1.29 bits per heavy atom. The third kappa shape index (κ3) is 2.76. The Kier molecular flexibility index (Phi) is 4.51. The minimum absolute atomic E-state index is 0.812. The molecule has 1 aromatic carbocycles. The third-order valence-corrected chi connectivity index (χ3v) is 2.34. The maximum atomic E-state index is 5.71. The topological polar surface area (TPSA) is 9.23 Å². The van der Waals surface area contributed by atoms with Crippen molar-refractivity contribution in [2.24, 2.45) is 0 Å². The van der Waals surface area contributed by atoms with E-state index < -0.39 is 0 Å². The molecule has 0 aliphatic rings. The maximum Gasteiger partial charge on any atom is 0.122 e. The first kappa shape index (κ1) is 11.1. The highest BCUT2D eigenvalue weighted by Crippen LogP contribution is 2.22. The first-order valence-corrected chi connectivity index (χ1v) is 5.36. The van der Waals surface area contributed by atoms with E-state index in [1.807, 2.05) is 18.2 Å². The molecule has 0 spiro atoms. The van der Waals surface area contributed by atoms with E-state index in [0.29, 0.717) is 0 Å². The van der Waals surface area contributed by atoms with Crippen LogP contribution >= 0.6 is 0 Å². The Hall–Kier alpha value is -0.980. The molecule has 0 N–H and O–H groups in total. The van der Waals surface area contributed by atoms with Gasteiger partial charge in [-0.05, 0) is 37.0 Å². The number of benzene rings is 1. The standard InChI is InChI=1S/C13H19O/c1-4-6-10-14-13-9-7-8-11(3)12(13)5-2/h7-9H,3-6,10H2,1-2H3. The normalized spacial score (nSPS) is 10.2. The van der Waals surface area contributed by atoms with Crippen molar-refractivity contribution in [3.63, 3.8) is 0 Å². The van der Waals surface area contributed by atoms with E-state index >= 15 is 0 Å². The largest absolute Gasteiger partial charge is 0.493 e. The summed E-state index contributed by atoms with van der Waals surface area (Å²) in [6, 6.07) is 6.07. The summed E-state index contributed by atoms with van der Waals surface area (Å²) in [6.07, 6.45) is 3.27. The van der Waals surface area contributed by atoms with Gasteiger partial charge in [-0.3, -0.25) is 0 Å². The van der Waals surface area contributed by atoms with Crippen LogP contribution in [0.2, 0.25) is 0 Å². The van der Waals surface area contributed by atoms with Gasteiger partial charge in [-0.15, -0.1) is 0 Å². The van der Waals surface area contributed by atoms with Crippen molar-refractivity contribution in [1.29, 1.82) is 0 Å². The van der Waals surface area contributed by atoms with E-state index in [1.165, 1.54) is 12.0 Å². The first-order valence-electron chi connectivity index (χ1n) is 5.36. The van der Waals surface area contributed by atoms with Gasteiger partial charge in [0.2, 0.25) is 0 Å². The molecule has 1 heteroatoms. The second-order valence-corrected chi connectivity index (χ2v) is 3.45. The van der Waals surface area contributed by atoms with Crippen molar-refractivity contribution in [1.82, 2.24) is 0 Å². The van der Waals surface area contributed by atoms with Gasteiger partial charge in [0.25, 0.3) is 0 Å². The molecule has 0 heterocycles. The van der Waals surface area contributed by atoms with Crippen molar-refractivity contribution in [2.75, 3.05) is 6.61 Å². The van der Waals surface area contributed by atoms with Gasteiger partial charge in [0.05, 0.1) is 6.61 Å². The molecule has 0 saturated carbocycles. The molecule has 0 unspecified atom stereocenters. The van der Waals surface area contributed by atoms with E-state index in [1.54, 1.807) is 0 Å². The zero-order valence-corrected chi connectivity index (χ0v) is 9.18. The third-order valence-electron chi connectivity index (χ3n) is 2.34. The fourth-order valence-electron chi connectivity index (χ4n) is 1.47. The molecule has 0 fully saturated rings. The van der Waals surface area contributed by atoms with E-state index in [-0.39, 0.29) is 0 Å². The van der Waals surface area contributed by atoms with Crippen molar-refractivity contribution in [3.05, 3.63) is 36.2 Å². The van der Waals surface area contributed by atoms with Crippen LogP contribution in [0.5, 0.6) is 5.75 Å². The summed E-state index contributed by atoms with van der Waals surface area (Å²) in [7, 11) is 0. The number of hydrogen-bond donors (Lipinski definition) is 0. The lowest BCUT2D eigenvalue weighted by Gasteiger charge is -2.11. The highest BCUT2D eigenvalue weighted by molar-refractivity contribution is 5.41. The van der Waals surface area contributed by atoms with Crippen LogP contribution in [0.1, 0.15) is 37.8 Å². The smallest absolute Gasteiger partial charge is 0.122 e. The lowest BCUT2D eigenvalue weighted by Crippen LogP contribution is -2.00. The van der Waals surface area contributed by atoms with Crippen molar-refractivity contribution in [2.45, 2.75) is 33.1 Å². The monoisotopic (exact) mass is 191 g/mol. The molecule has 0 aliphatic heterocycles. The van der Waals surface area contributed by atoms with Crippen molar-refractivity contribution in [3.8, 4) is 5.75 Å². The molecular formula is C13H19O. The van der Waals surface area contributed by atoms with Gasteiger partial charge in [0, 0.05) is 0 Å². The molecule has 0 aromatic heterocycles. The van der Waals surface area contributed by atoms with Crippen LogP contribution in [-0.4, -0.2) is 6.61 Å². The zero-order valence-electron chi connectivity index (χ0n) is 9.18. The van der Waals surface area contributed by atoms with Gasteiger partial charge in [-0.25, -0.2) is 0 Å². The molecule has 0 atom stereocenters. The predicted octanol–water partition coefficient (Wildman–Crippen LogP) is 3.61. The van der Waals surface area contributed by atoms with Gasteiger partial charge in [0.1, 0.15) is 5.75 Å². The van der Waals surface area contributed by atoms with Crippen LogP contribution in [0.3, 0.4) is 0 Å². The van der Waals surface area contributed by atoms with E-state index in [9.17, 15) is 0 Å². The Morgan fingerprint density at radius 2 is 2.07 bits per heavy atom. The van der Waals surface area contributed by atoms with Gasteiger partial charge in [-0.1, -0.05) is 32.4 Å². The zero-order chi connectivity index (χ0) is 10.4. The molecule has 0 saturated heterocycles. The van der Waals surface area contributed by atoms with Gasteiger partial charge in [-0.2, -0.15) is 0 Å². The van der Waals surface area contributed by atoms with Gasteiger partial charge < -0.3 is 4.74 Å². The predicted molar refractivity (Wildman–Crippen MR) is 60.7 cm³/mol. The Balaban J connectivity index is 2.70. The first-order chi connectivity index (χ1) is 6.79. The second kappa shape index (κ2) is 5.69. The summed E-state index contributed by atoms with van der Waals surface area (Å²) < 4.78 is 5.71. The minimum atomic E-state index is 0.812. The Labute approximate surface area is 87.1 Å². The quantitative estimate of drug-likeness (QED) is 0.646. The fraction of sp³-hybridized carbons (Fsp3) is 0.462. The van der Waals surface area contributed by atoms with Crippen LogP contribution in [0.15, 0.2) is 18.2 Å². The molecule has 0 aliphatic carbocycles. The Morgan fingerprint density at radius 3 is 2.71 bits per heavy atom. The molecule has 14 heavy (non-hydrogen) atoms. The van der Waals surface area contributed by atoms with Crippen molar-refractivity contribution < 1.29 is 4.74 Å². The van der Waals surface area contributed by atoms with Crippen molar-refractivity contribution >= 4 is 0 Å². The molecule has 1 aromatic rings. The molecule has 1 radical (unpaired) electrons. The average molecular weight is 191 g/mol. The molecule has 1 rings (SSSR count). The molecule has 0 amide bonds. The fourth-order valence-corrected chi connectivity index (χ4v) is 1.47. The summed E-state index contributed by atoms with van der Waals surface area (Å²) in [5.74, 6) is 1.01.